The molecule has 0 radical (unpaired) electrons. The van der Waals surface area contributed by atoms with Crippen molar-refractivity contribution in [3.05, 3.63) is 52.8 Å². The predicted octanol–water partition coefficient (Wildman–Crippen LogP) is 2.14. The fraction of sp³-hybridized carbons (Fsp3) is 0.273. The average molecular weight is 512 g/mol. The van der Waals surface area contributed by atoms with Crippen LogP contribution in [0.5, 0.6) is 11.5 Å². The molecule has 0 atom stereocenters. The van der Waals surface area contributed by atoms with Gasteiger partial charge in [-0.05, 0) is 25.0 Å². The third-order valence-corrected chi connectivity index (χ3v) is 5.81. The van der Waals surface area contributed by atoms with Crippen LogP contribution in [0.15, 0.2) is 45.9 Å². The van der Waals surface area contributed by atoms with Crippen molar-refractivity contribution < 1.29 is 23.4 Å². The molecule has 1 amide bonds. The molecule has 4 heterocycles. The second-order valence-corrected chi connectivity index (χ2v) is 8.62. The topological polar surface area (TPSA) is 170 Å². The number of anilines is 2. The number of nitrogen functional groups attached to an aromatic ring is 1. The first-order chi connectivity index (χ1) is 17.5. The number of nitrogens with zero attached hydrogens (tertiary/aromatic N) is 5. The summed E-state index contributed by atoms with van der Waals surface area (Å²) in [4.78, 5) is 30.3. The first-order valence-corrected chi connectivity index (χ1v) is 11.7. The van der Waals surface area contributed by atoms with Gasteiger partial charge >= 0.3 is 5.63 Å². The molecule has 186 valence electrons. The highest BCUT2D eigenvalue weighted by Crippen LogP contribution is 2.37. The summed E-state index contributed by atoms with van der Waals surface area (Å²) >= 11 is 1.04. The molecule has 3 N–H and O–H groups in total. The SMILES string of the molecule is COCCOc1c(-c2ncccc2OC2CC2)cc(C(=O)Nc2nnc(-n3nccc3N)s2)oc1=O. The summed E-state index contributed by atoms with van der Waals surface area (Å²) in [6.07, 6.45) is 5.03. The van der Waals surface area contributed by atoms with Crippen molar-refractivity contribution in [1.82, 2.24) is 25.0 Å². The third kappa shape index (κ3) is 5.04. The Bertz CT molecular complexity index is 1440. The Hall–Kier alpha value is -4.30. The van der Waals surface area contributed by atoms with E-state index in [9.17, 15) is 9.59 Å². The molecule has 1 aliphatic carbocycles. The number of nitrogens with two attached hydrogens (primary N) is 1. The van der Waals surface area contributed by atoms with Crippen LogP contribution in [0.4, 0.5) is 10.9 Å². The molecule has 0 unspecified atom stereocenters. The van der Waals surface area contributed by atoms with Crippen LogP contribution in [0.25, 0.3) is 16.4 Å². The number of aromatic nitrogens is 5. The van der Waals surface area contributed by atoms with E-state index < -0.39 is 11.5 Å². The quantitative estimate of drug-likeness (QED) is 0.299. The standard InChI is InChI=1S/C22H21N7O6S/c1-32-9-10-33-18-13(17-14(3-2-7-24-17)34-12-4-5-12)11-15(35-20(18)31)19(30)26-21-27-28-22(36-21)29-16(23)6-8-25-29/h2-3,6-8,11-12H,4-5,9-10,23H2,1H3,(H,26,27,30). The molecule has 0 aromatic carbocycles. The molecule has 5 rings (SSSR count). The maximum absolute atomic E-state index is 13.0. The summed E-state index contributed by atoms with van der Waals surface area (Å²) in [7, 11) is 1.51. The Labute approximate surface area is 207 Å². The summed E-state index contributed by atoms with van der Waals surface area (Å²) in [6.45, 7) is 0.338. The summed E-state index contributed by atoms with van der Waals surface area (Å²) in [6, 6.07) is 6.46. The van der Waals surface area contributed by atoms with Gasteiger partial charge in [0.2, 0.25) is 16.0 Å². The van der Waals surface area contributed by atoms with Crippen molar-refractivity contribution in [2.24, 2.45) is 0 Å². The lowest BCUT2D eigenvalue weighted by Gasteiger charge is -2.14. The van der Waals surface area contributed by atoms with E-state index in [0.717, 1.165) is 24.2 Å². The first-order valence-electron chi connectivity index (χ1n) is 10.9. The molecule has 0 saturated heterocycles. The molecule has 1 fully saturated rings. The van der Waals surface area contributed by atoms with E-state index >= 15 is 0 Å². The minimum Gasteiger partial charge on any atom is -0.488 e. The zero-order valence-corrected chi connectivity index (χ0v) is 19.9. The Morgan fingerprint density at radius 3 is 2.89 bits per heavy atom. The van der Waals surface area contributed by atoms with Gasteiger partial charge in [0, 0.05) is 25.4 Å². The molecule has 1 saturated carbocycles. The van der Waals surface area contributed by atoms with Gasteiger partial charge in [0.25, 0.3) is 5.91 Å². The molecule has 4 aromatic heterocycles. The number of carbonyl (C=O) groups is 1. The van der Waals surface area contributed by atoms with Crippen LogP contribution >= 0.6 is 11.3 Å². The van der Waals surface area contributed by atoms with Crippen molar-refractivity contribution in [3.8, 4) is 27.9 Å². The summed E-state index contributed by atoms with van der Waals surface area (Å²) in [5.41, 5.74) is 5.59. The number of rotatable bonds is 10. The molecular weight excluding hydrogens is 490 g/mol. The number of nitrogens with one attached hydrogen (secondary N) is 1. The van der Waals surface area contributed by atoms with Crippen LogP contribution in [0.1, 0.15) is 23.4 Å². The average Bonchev–Trinajstić information content (AvgIpc) is 3.39. The second-order valence-electron chi connectivity index (χ2n) is 7.66. The lowest BCUT2D eigenvalue weighted by Crippen LogP contribution is -2.18. The summed E-state index contributed by atoms with van der Waals surface area (Å²) < 4.78 is 23.3. The third-order valence-electron chi connectivity index (χ3n) is 5.00. The van der Waals surface area contributed by atoms with Gasteiger partial charge in [-0.1, -0.05) is 11.3 Å². The maximum atomic E-state index is 13.0. The van der Waals surface area contributed by atoms with Gasteiger partial charge in [0.15, 0.2) is 5.76 Å². The lowest BCUT2D eigenvalue weighted by molar-refractivity contribution is 0.0990. The highest BCUT2D eigenvalue weighted by Gasteiger charge is 2.27. The first kappa shape index (κ1) is 23.4. The van der Waals surface area contributed by atoms with Crippen LogP contribution in [-0.2, 0) is 4.74 Å². The van der Waals surface area contributed by atoms with Crippen LogP contribution in [0, 0.1) is 0 Å². The van der Waals surface area contributed by atoms with Gasteiger partial charge < -0.3 is 24.4 Å². The molecule has 1 aliphatic rings. The number of hydrogen-bond acceptors (Lipinski definition) is 12. The van der Waals surface area contributed by atoms with Gasteiger partial charge in [-0.25, -0.2) is 4.79 Å². The predicted molar refractivity (Wildman–Crippen MR) is 129 cm³/mol. The highest BCUT2D eigenvalue weighted by atomic mass is 32.1. The van der Waals surface area contributed by atoms with E-state index in [1.54, 1.807) is 24.4 Å². The summed E-state index contributed by atoms with van der Waals surface area (Å²) in [5.74, 6) is -0.251. The number of hydrogen-bond donors (Lipinski definition) is 2. The van der Waals surface area contributed by atoms with Crippen LogP contribution in [0.3, 0.4) is 0 Å². The smallest absolute Gasteiger partial charge is 0.379 e. The van der Waals surface area contributed by atoms with Gasteiger partial charge in [-0.15, -0.1) is 10.2 Å². The zero-order valence-electron chi connectivity index (χ0n) is 19.0. The van der Waals surface area contributed by atoms with Crippen molar-refractivity contribution >= 4 is 28.2 Å². The van der Waals surface area contributed by atoms with E-state index in [1.165, 1.54) is 24.1 Å². The van der Waals surface area contributed by atoms with Crippen molar-refractivity contribution in [1.29, 1.82) is 0 Å². The molecular formula is C22H21N7O6S. The van der Waals surface area contributed by atoms with Gasteiger partial charge in [-0.2, -0.15) is 9.78 Å². The normalized spacial score (nSPS) is 12.9. The Kier molecular flexibility index (Phi) is 6.60. The number of amides is 1. The van der Waals surface area contributed by atoms with E-state index in [2.05, 4.69) is 25.6 Å². The number of ether oxygens (including phenoxy) is 3. The molecule has 0 spiro atoms. The Balaban J connectivity index is 1.47. The van der Waals surface area contributed by atoms with Crippen molar-refractivity contribution in [2.75, 3.05) is 31.4 Å². The number of pyridine rings is 1. The zero-order chi connectivity index (χ0) is 25.1. The number of carbonyl (C=O) groups excluding carboxylic acids is 1. The van der Waals surface area contributed by atoms with E-state index in [-0.39, 0.29) is 41.5 Å². The lowest BCUT2D eigenvalue weighted by atomic mass is 10.1. The van der Waals surface area contributed by atoms with Crippen molar-refractivity contribution in [2.45, 2.75) is 18.9 Å². The van der Waals surface area contributed by atoms with E-state index in [0.29, 0.717) is 22.4 Å². The molecule has 36 heavy (non-hydrogen) atoms. The van der Waals surface area contributed by atoms with Gasteiger partial charge in [0.05, 0.1) is 24.5 Å². The fourth-order valence-electron chi connectivity index (χ4n) is 3.17. The monoisotopic (exact) mass is 511 g/mol. The minimum atomic E-state index is -0.848. The van der Waals surface area contributed by atoms with Gasteiger partial charge in [0.1, 0.15) is 23.9 Å². The van der Waals surface area contributed by atoms with Crippen LogP contribution in [-0.4, -0.2) is 57.3 Å². The second kappa shape index (κ2) is 10.1. The fourth-order valence-corrected chi connectivity index (χ4v) is 3.89. The minimum absolute atomic E-state index is 0.0872. The van der Waals surface area contributed by atoms with E-state index in [4.69, 9.17) is 24.4 Å². The molecule has 0 aliphatic heterocycles. The molecule has 4 aromatic rings. The Morgan fingerprint density at radius 2 is 2.14 bits per heavy atom. The molecule has 13 nitrogen and oxygen atoms in total. The maximum Gasteiger partial charge on any atom is 0.379 e. The van der Waals surface area contributed by atoms with Crippen molar-refractivity contribution in [3.63, 3.8) is 0 Å². The van der Waals surface area contributed by atoms with Crippen LogP contribution in [0.2, 0.25) is 0 Å². The largest absolute Gasteiger partial charge is 0.488 e. The van der Waals surface area contributed by atoms with Gasteiger partial charge in [-0.3, -0.25) is 15.1 Å². The molecule has 0 bridgehead atoms. The summed E-state index contributed by atoms with van der Waals surface area (Å²) in [5, 5.41) is 15.0. The number of methoxy groups -OCH3 is 1. The van der Waals surface area contributed by atoms with E-state index in [1.807, 2.05) is 0 Å². The molecule has 14 heteroatoms. The Morgan fingerprint density at radius 1 is 1.28 bits per heavy atom. The van der Waals surface area contributed by atoms with Crippen LogP contribution < -0.4 is 26.1 Å². The highest BCUT2D eigenvalue weighted by molar-refractivity contribution is 7.17.